The van der Waals surface area contributed by atoms with E-state index in [-0.39, 0.29) is 22.8 Å². The Balaban J connectivity index is 1.80. The molecule has 0 bridgehead atoms. The Hall–Kier alpha value is -3.43. The van der Waals surface area contributed by atoms with E-state index in [1.54, 1.807) is 12.1 Å². The lowest BCUT2D eigenvalue weighted by Gasteiger charge is -2.40. The van der Waals surface area contributed by atoms with E-state index in [1.807, 2.05) is 0 Å². The summed E-state index contributed by atoms with van der Waals surface area (Å²) in [5.74, 6) is 0.536. The number of aromatic nitrogens is 2. The van der Waals surface area contributed by atoms with Gasteiger partial charge in [-0.15, -0.1) is 13.2 Å². The summed E-state index contributed by atoms with van der Waals surface area (Å²) in [5.41, 5.74) is 2.28. The maximum Gasteiger partial charge on any atom is 0.573 e. The highest BCUT2D eigenvalue weighted by molar-refractivity contribution is 5.97. The van der Waals surface area contributed by atoms with Gasteiger partial charge in [0, 0.05) is 17.8 Å². The first-order valence-electron chi connectivity index (χ1n) is 11.7. The molecule has 1 saturated carbocycles. The van der Waals surface area contributed by atoms with Crippen molar-refractivity contribution in [2.45, 2.75) is 52.4 Å². The maximum atomic E-state index is 12.5. The average Bonchev–Trinajstić information content (AvgIpc) is 3.13. The Labute approximate surface area is 207 Å². The van der Waals surface area contributed by atoms with Gasteiger partial charge in [0.1, 0.15) is 17.1 Å². The molecule has 3 aromatic rings. The number of halogens is 3. The second kappa shape index (κ2) is 9.55. The van der Waals surface area contributed by atoms with Crippen LogP contribution in [0.15, 0.2) is 36.4 Å². The number of hydrogen-bond donors (Lipinski definition) is 1. The number of nitrogens with zero attached hydrogens (tertiary/aromatic N) is 2. The molecule has 2 atom stereocenters. The molecule has 0 aliphatic heterocycles. The number of carbonyl (C=O) groups excluding carboxylic acids is 1. The van der Waals surface area contributed by atoms with Gasteiger partial charge in [0.05, 0.1) is 25.3 Å². The molecular weight excluding hydrogens is 475 g/mol. The topological polar surface area (TPSA) is 74.6 Å². The normalized spacial score (nSPS) is 19.7. The van der Waals surface area contributed by atoms with E-state index in [4.69, 9.17) is 14.5 Å². The first-order chi connectivity index (χ1) is 16.9. The van der Waals surface area contributed by atoms with Crippen molar-refractivity contribution in [2.75, 3.05) is 19.5 Å². The van der Waals surface area contributed by atoms with Crippen LogP contribution in [0.4, 0.5) is 24.8 Å². The molecule has 1 aromatic heterocycles. The van der Waals surface area contributed by atoms with Crippen molar-refractivity contribution in [1.29, 1.82) is 0 Å². The highest BCUT2D eigenvalue weighted by Crippen LogP contribution is 2.46. The van der Waals surface area contributed by atoms with Gasteiger partial charge in [0.2, 0.25) is 5.95 Å². The highest BCUT2D eigenvalue weighted by Gasteiger charge is 2.35. The Morgan fingerprint density at radius 3 is 2.42 bits per heavy atom. The number of anilines is 2. The summed E-state index contributed by atoms with van der Waals surface area (Å²) < 4.78 is 54.1. The van der Waals surface area contributed by atoms with Gasteiger partial charge in [-0.1, -0.05) is 20.8 Å². The third-order valence-corrected chi connectivity index (χ3v) is 6.49. The second-order valence-corrected chi connectivity index (χ2v) is 10.1. The number of rotatable bonds is 6. The average molecular weight is 506 g/mol. The van der Waals surface area contributed by atoms with E-state index in [0.29, 0.717) is 28.8 Å². The van der Waals surface area contributed by atoms with Crippen molar-refractivity contribution >= 4 is 28.6 Å². The van der Waals surface area contributed by atoms with Gasteiger partial charge >= 0.3 is 12.3 Å². The fourth-order valence-electron chi connectivity index (χ4n) is 5.38. The summed E-state index contributed by atoms with van der Waals surface area (Å²) in [6, 6.07) is 9.01. The lowest BCUT2D eigenvalue weighted by molar-refractivity contribution is -0.274. The monoisotopic (exact) mass is 505 g/mol. The number of carbonyl (C=O) groups is 1. The van der Waals surface area contributed by atoms with E-state index in [9.17, 15) is 18.0 Å². The fourth-order valence-corrected chi connectivity index (χ4v) is 5.38. The number of alkyl halides is 3. The van der Waals surface area contributed by atoms with Gasteiger partial charge in [0.15, 0.2) is 0 Å². The Bertz CT molecular complexity index is 1250. The standard InChI is InChI=1S/C26H30F3N3O4/c1-15-10-17(14-25(2,3)13-15)32-21-12-22(34-4)19(23(33)35-5)11-20(21)31-24(32)30-16-6-8-18(9-7-16)36-26(27,28)29/h6-9,11-12,15,17H,10,13-14H2,1-5H3,(H,30,31)/t15?,17-/m1/s1. The van der Waals surface area contributed by atoms with Gasteiger partial charge < -0.3 is 24.1 Å². The number of ether oxygens (including phenoxy) is 3. The number of esters is 1. The van der Waals surface area contributed by atoms with Crippen LogP contribution >= 0.6 is 0 Å². The van der Waals surface area contributed by atoms with Crippen molar-refractivity contribution in [2.24, 2.45) is 11.3 Å². The largest absolute Gasteiger partial charge is 0.573 e. The number of imidazole rings is 1. The molecule has 1 N–H and O–H groups in total. The van der Waals surface area contributed by atoms with E-state index in [0.717, 1.165) is 24.8 Å². The van der Waals surface area contributed by atoms with Gasteiger partial charge in [-0.3, -0.25) is 0 Å². The molecule has 4 rings (SSSR count). The molecule has 1 fully saturated rings. The van der Waals surface area contributed by atoms with Gasteiger partial charge in [-0.2, -0.15) is 0 Å². The predicted molar refractivity (Wildman–Crippen MR) is 130 cm³/mol. The molecule has 7 nitrogen and oxygen atoms in total. The van der Waals surface area contributed by atoms with Crippen molar-refractivity contribution in [3.8, 4) is 11.5 Å². The summed E-state index contributed by atoms with van der Waals surface area (Å²) in [5, 5.41) is 3.25. The summed E-state index contributed by atoms with van der Waals surface area (Å²) in [6.45, 7) is 6.73. The zero-order valence-corrected chi connectivity index (χ0v) is 20.9. The third-order valence-electron chi connectivity index (χ3n) is 6.49. The minimum Gasteiger partial charge on any atom is -0.496 e. The van der Waals surface area contributed by atoms with Crippen LogP contribution in [0.5, 0.6) is 11.5 Å². The summed E-state index contributed by atoms with van der Waals surface area (Å²) in [6.07, 6.45) is -1.81. The summed E-state index contributed by atoms with van der Waals surface area (Å²) in [7, 11) is 2.79. The van der Waals surface area contributed by atoms with Crippen LogP contribution < -0.4 is 14.8 Å². The predicted octanol–water partition coefficient (Wildman–Crippen LogP) is 6.86. The molecule has 10 heteroatoms. The minimum absolute atomic E-state index is 0.109. The third kappa shape index (κ3) is 5.52. The number of benzene rings is 2. The van der Waals surface area contributed by atoms with Crippen molar-refractivity contribution < 1.29 is 32.2 Å². The van der Waals surface area contributed by atoms with Crippen LogP contribution in [0.1, 0.15) is 56.4 Å². The first-order valence-corrected chi connectivity index (χ1v) is 11.7. The first kappa shape index (κ1) is 25.7. The zero-order valence-electron chi connectivity index (χ0n) is 20.9. The molecule has 194 valence electrons. The summed E-state index contributed by atoms with van der Waals surface area (Å²) >= 11 is 0. The molecule has 1 aliphatic carbocycles. The second-order valence-electron chi connectivity index (χ2n) is 10.1. The van der Waals surface area contributed by atoms with E-state index in [1.165, 1.54) is 38.5 Å². The molecule has 1 unspecified atom stereocenters. The number of methoxy groups -OCH3 is 2. The number of nitrogens with one attached hydrogen (secondary N) is 1. The van der Waals surface area contributed by atoms with Gasteiger partial charge in [-0.05, 0) is 60.9 Å². The highest BCUT2D eigenvalue weighted by atomic mass is 19.4. The molecule has 36 heavy (non-hydrogen) atoms. The van der Waals surface area contributed by atoms with Crippen LogP contribution in [0.25, 0.3) is 11.0 Å². The van der Waals surface area contributed by atoms with E-state index in [2.05, 4.69) is 35.4 Å². The quantitative estimate of drug-likeness (QED) is 0.369. The van der Waals surface area contributed by atoms with Crippen molar-refractivity contribution in [1.82, 2.24) is 9.55 Å². The molecule has 2 aromatic carbocycles. The molecular formula is C26H30F3N3O4. The minimum atomic E-state index is -4.76. The van der Waals surface area contributed by atoms with E-state index < -0.39 is 12.3 Å². The van der Waals surface area contributed by atoms with Crippen LogP contribution in [0.3, 0.4) is 0 Å². The molecule has 0 amide bonds. The Morgan fingerprint density at radius 1 is 1.14 bits per heavy atom. The maximum absolute atomic E-state index is 12.5. The molecule has 1 heterocycles. The molecule has 0 radical (unpaired) electrons. The summed E-state index contributed by atoms with van der Waals surface area (Å²) in [4.78, 5) is 17.1. The van der Waals surface area contributed by atoms with Crippen LogP contribution in [0.2, 0.25) is 0 Å². The molecule has 1 aliphatic rings. The Morgan fingerprint density at radius 2 is 1.83 bits per heavy atom. The van der Waals surface area contributed by atoms with Gasteiger partial charge in [-0.25, -0.2) is 9.78 Å². The smallest absolute Gasteiger partial charge is 0.496 e. The number of hydrogen-bond acceptors (Lipinski definition) is 6. The zero-order chi connectivity index (χ0) is 26.3. The van der Waals surface area contributed by atoms with Crippen LogP contribution in [-0.4, -0.2) is 36.1 Å². The Kier molecular flexibility index (Phi) is 6.81. The fraction of sp³-hybridized carbons (Fsp3) is 0.462. The molecule has 0 saturated heterocycles. The SMILES string of the molecule is COC(=O)c1cc2nc(Nc3ccc(OC(F)(F)F)cc3)n([C@@H]3CC(C)CC(C)(C)C3)c2cc1OC. The van der Waals surface area contributed by atoms with Crippen LogP contribution in [0, 0.1) is 11.3 Å². The van der Waals surface area contributed by atoms with E-state index >= 15 is 0 Å². The van der Waals surface area contributed by atoms with Crippen LogP contribution in [-0.2, 0) is 4.74 Å². The lowest BCUT2D eigenvalue weighted by Crippen LogP contribution is -2.29. The van der Waals surface area contributed by atoms with Crippen molar-refractivity contribution in [3.05, 3.63) is 42.0 Å². The van der Waals surface area contributed by atoms with Crippen molar-refractivity contribution in [3.63, 3.8) is 0 Å². The lowest BCUT2D eigenvalue weighted by atomic mass is 9.70. The molecule has 0 spiro atoms. The van der Waals surface area contributed by atoms with Gasteiger partial charge in [0.25, 0.3) is 0 Å². The number of fused-ring (bicyclic) bond motifs is 1.